The number of carbonyl (C=O) groups excluding carboxylic acids is 1. The van der Waals surface area contributed by atoms with Crippen LogP contribution in [-0.4, -0.2) is 11.3 Å². The molecular formula is C21H15NO. The van der Waals surface area contributed by atoms with E-state index in [4.69, 9.17) is 4.98 Å². The van der Waals surface area contributed by atoms with Crippen molar-refractivity contribution in [2.45, 2.75) is 6.92 Å². The van der Waals surface area contributed by atoms with Gasteiger partial charge in [-0.1, -0.05) is 54.1 Å². The second-order valence-corrected chi connectivity index (χ2v) is 5.76. The van der Waals surface area contributed by atoms with Crippen LogP contribution >= 0.6 is 0 Å². The first-order chi connectivity index (χ1) is 11.3. The number of aryl methyl sites for hydroxylation is 1. The molecule has 0 amide bonds. The molecule has 0 atom stereocenters. The Hall–Kier alpha value is -3.00. The Morgan fingerprint density at radius 2 is 1.57 bits per heavy atom. The summed E-state index contributed by atoms with van der Waals surface area (Å²) in [6.45, 7) is 2.09. The highest BCUT2D eigenvalue weighted by Crippen LogP contribution is 2.35. The van der Waals surface area contributed by atoms with Crippen LogP contribution in [0, 0.1) is 6.92 Å². The second-order valence-electron chi connectivity index (χ2n) is 5.76. The number of para-hydroxylation sites is 1. The lowest BCUT2D eigenvalue weighted by Crippen LogP contribution is -1.90. The number of pyridine rings is 1. The minimum atomic E-state index is 0.688. The third kappa shape index (κ3) is 2.29. The Balaban J connectivity index is 2.14. The number of carbonyl (C=O) groups is 1. The molecule has 0 fully saturated rings. The average molecular weight is 297 g/mol. The predicted molar refractivity (Wildman–Crippen MR) is 94.8 cm³/mol. The zero-order valence-electron chi connectivity index (χ0n) is 12.8. The van der Waals surface area contributed by atoms with Crippen molar-refractivity contribution >= 4 is 28.1 Å². The van der Waals surface area contributed by atoms with E-state index in [1.165, 1.54) is 11.1 Å². The van der Waals surface area contributed by atoms with Crippen molar-refractivity contribution in [3.8, 4) is 11.1 Å². The number of hydrogen-bond donors (Lipinski definition) is 0. The highest BCUT2D eigenvalue weighted by Gasteiger charge is 2.11. The first kappa shape index (κ1) is 13.6. The Kier molecular flexibility index (Phi) is 3.16. The fourth-order valence-electron chi connectivity index (χ4n) is 3.04. The van der Waals surface area contributed by atoms with E-state index < -0.39 is 0 Å². The van der Waals surface area contributed by atoms with Gasteiger partial charge in [0.05, 0.1) is 11.0 Å². The number of fused-ring (bicyclic) bond motifs is 2. The van der Waals surface area contributed by atoms with E-state index in [1.54, 1.807) is 0 Å². The van der Waals surface area contributed by atoms with Gasteiger partial charge in [0.15, 0.2) is 0 Å². The smallest absolute Gasteiger partial charge is 0.150 e. The highest BCUT2D eigenvalue weighted by molar-refractivity contribution is 6.09. The first-order valence-corrected chi connectivity index (χ1v) is 7.61. The van der Waals surface area contributed by atoms with E-state index >= 15 is 0 Å². The van der Waals surface area contributed by atoms with Crippen molar-refractivity contribution in [3.05, 3.63) is 77.9 Å². The summed E-state index contributed by atoms with van der Waals surface area (Å²) in [5.74, 6) is 0. The van der Waals surface area contributed by atoms with Crippen LogP contribution in [0.2, 0.25) is 0 Å². The summed E-state index contributed by atoms with van der Waals surface area (Å²) in [5, 5.41) is 2.27. The van der Waals surface area contributed by atoms with Crippen LogP contribution in [-0.2, 0) is 0 Å². The maximum atomic E-state index is 10.9. The summed E-state index contributed by atoms with van der Waals surface area (Å²) in [6.07, 6.45) is 0.872. The van der Waals surface area contributed by atoms with Gasteiger partial charge in [-0.3, -0.25) is 4.79 Å². The summed E-state index contributed by atoms with van der Waals surface area (Å²) in [6, 6.07) is 22.3. The van der Waals surface area contributed by atoms with Gasteiger partial charge in [0.1, 0.15) is 6.29 Å². The van der Waals surface area contributed by atoms with Gasteiger partial charge in [0.2, 0.25) is 0 Å². The van der Waals surface area contributed by atoms with Gasteiger partial charge in [-0.2, -0.15) is 0 Å². The largest absolute Gasteiger partial charge is 0.298 e. The van der Waals surface area contributed by atoms with E-state index in [2.05, 4.69) is 31.2 Å². The van der Waals surface area contributed by atoms with Gasteiger partial charge in [-0.15, -0.1) is 0 Å². The maximum Gasteiger partial charge on any atom is 0.150 e. The number of rotatable bonds is 2. The van der Waals surface area contributed by atoms with Crippen molar-refractivity contribution in [2.24, 2.45) is 0 Å². The number of aromatic nitrogens is 1. The molecule has 0 unspecified atom stereocenters. The van der Waals surface area contributed by atoms with Gasteiger partial charge in [-0.05, 0) is 30.7 Å². The van der Waals surface area contributed by atoms with Gasteiger partial charge >= 0.3 is 0 Å². The molecule has 0 aliphatic heterocycles. The highest BCUT2D eigenvalue weighted by atomic mass is 16.1. The Bertz CT molecular complexity index is 1030. The van der Waals surface area contributed by atoms with Gasteiger partial charge < -0.3 is 0 Å². The monoisotopic (exact) mass is 297 g/mol. The van der Waals surface area contributed by atoms with Crippen molar-refractivity contribution in [1.82, 2.24) is 4.98 Å². The normalized spacial score (nSPS) is 11.0. The van der Waals surface area contributed by atoms with Crippen LogP contribution in [0.25, 0.3) is 32.9 Å². The number of benzene rings is 3. The summed E-state index contributed by atoms with van der Waals surface area (Å²) in [5.41, 5.74) is 6.14. The second kappa shape index (κ2) is 5.33. The van der Waals surface area contributed by atoms with Crippen LogP contribution in [0.4, 0.5) is 0 Å². The van der Waals surface area contributed by atoms with E-state index in [0.717, 1.165) is 33.7 Å². The quantitative estimate of drug-likeness (QED) is 0.377. The standard InChI is InChI=1S/C21H15NO/c1-14-6-11-20-18(12-14)21(16-9-7-15(13-23)8-10-16)17-4-2-3-5-19(17)22-20/h2-13H,1H3. The fourth-order valence-corrected chi connectivity index (χ4v) is 3.04. The molecule has 0 aliphatic rings. The molecule has 0 aliphatic carbocycles. The van der Waals surface area contributed by atoms with Gasteiger partial charge in [-0.25, -0.2) is 4.98 Å². The molecule has 110 valence electrons. The predicted octanol–water partition coefficient (Wildman–Crippen LogP) is 5.18. The molecule has 0 N–H and O–H groups in total. The van der Waals surface area contributed by atoms with Crippen LogP contribution < -0.4 is 0 Å². The number of aldehydes is 1. The number of nitrogens with zero attached hydrogens (tertiary/aromatic N) is 1. The molecule has 2 nitrogen and oxygen atoms in total. The lowest BCUT2D eigenvalue weighted by molar-refractivity contribution is 0.112. The zero-order valence-corrected chi connectivity index (χ0v) is 12.8. The summed E-state index contributed by atoms with van der Waals surface area (Å²) < 4.78 is 0. The third-order valence-corrected chi connectivity index (χ3v) is 4.17. The topological polar surface area (TPSA) is 30.0 Å². The molecule has 3 aromatic carbocycles. The van der Waals surface area contributed by atoms with E-state index in [-0.39, 0.29) is 0 Å². The average Bonchev–Trinajstić information content (AvgIpc) is 2.60. The maximum absolute atomic E-state index is 10.9. The molecule has 4 aromatic rings. The van der Waals surface area contributed by atoms with Crippen LogP contribution in [0.15, 0.2) is 66.7 Å². The summed E-state index contributed by atoms with van der Waals surface area (Å²) in [7, 11) is 0. The van der Waals surface area contributed by atoms with Crippen molar-refractivity contribution < 1.29 is 4.79 Å². The molecule has 4 rings (SSSR count). The van der Waals surface area contributed by atoms with Crippen LogP contribution in [0.5, 0.6) is 0 Å². The van der Waals surface area contributed by atoms with Crippen molar-refractivity contribution in [2.75, 3.05) is 0 Å². The van der Waals surface area contributed by atoms with Crippen LogP contribution in [0.3, 0.4) is 0 Å². The van der Waals surface area contributed by atoms with E-state index in [0.29, 0.717) is 5.56 Å². The molecule has 0 saturated heterocycles. The molecule has 0 bridgehead atoms. The lowest BCUT2D eigenvalue weighted by Gasteiger charge is -2.12. The molecule has 23 heavy (non-hydrogen) atoms. The van der Waals surface area contributed by atoms with Gasteiger partial charge in [0.25, 0.3) is 0 Å². The van der Waals surface area contributed by atoms with E-state index in [1.807, 2.05) is 42.5 Å². The molecule has 1 heterocycles. The first-order valence-electron chi connectivity index (χ1n) is 7.61. The van der Waals surface area contributed by atoms with E-state index in [9.17, 15) is 4.79 Å². The Labute approximate surface area is 134 Å². The lowest BCUT2D eigenvalue weighted by atomic mass is 9.95. The summed E-state index contributed by atoms with van der Waals surface area (Å²) >= 11 is 0. The fraction of sp³-hybridized carbons (Fsp3) is 0.0476. The minimum absolute atomic E-state index is 0.688. The minimum Gasteiger partial charge on any atom is -0.298 e. The van der Waals surface area contributed by atoms with Crippen LogP contribution in [0.1, 0.15) is 15.9 Å². The third-order valence-electron chi connectivity index (χ3n) is 4.17. The molecule has 0 radical (unpaired) electrons. The van der Waals surface area contributed by atoms with Crippen molar-refractivity contribution in [3.63, 3.8) is 0 Å². The Morgan fingerprint density at radius 3 is 2.35 bits per heavy atom. The Morgan fingerprint density at radius 1 is 0.826 bits per heavy atom. The number of hydrogen-bond acceptors (Lipinski definition) is 2. The zero-order chi connectivity index (χ0) is 15.8. The molecule has 0 spiro atoms. The molecule has 1 aromatic heterocycles. The van der Waals surface area contributed by atoms with Gasteiger partial charge in [0, 0.05) is 21.9 Å². The SMILES string of the molecule is Cc1ccc2nc3ccccc3c(-c3ccc(C=O)cc3)c2c1. The molecule has 2 heteroatoms. The van der Waals surface area contributed by atoms with Crippen molar-refractivity contribution in [1.29, 1.82) is 0 Å². The molecule has 0 saturated carbocycles. The molecular weight excluding hydrogens is 282 g/mol. The summed E-state index contributed by atoms with van der Waals surface area (Å²) in [4.78, 5) is 15.7.